The van der Waals surface area contributed by atoms with E-state index >= 15 is 4.39 Å². The van der Waals surface area contributed by atoms with E-state index in [2.05, 4.69) is 4.90 Å². The lowest BCUT2D eigenvalue weighted by atomic mass is 9.82. The largest absolute Gasteiger partial charge is 0.493 e. The standard InChI is InChI=1S/C29H34FNO5/c1-34-26-14-19-12-20(28(32)23(19)15-27(26)35-2)13-24(30)22-10-8-21-9-11-25(22)31(21)16-17-4-6-18(7-5-17)29(33)36-3/h4-7,14-15,20-22,24-25H,8-13,16H2,1-3H3. The summed E-state index contributed by atoms with van der Waals surface area (Å²) in [6.45, 7) is 0.743. The molecule has 2 saturated heterocycles. The lowest BCUT2D eigenvalue weighted by Crippen LogP contribution is -2.47. The van der Waals surface area contributed by atoms with Crippen LogP contribution in [-0.4, -0.2) is 56.2 Å². The maximum Gasteiger partial charge on any atom is 0.337 e. The van der Waals surface area contributed by atoms with Gasteiger partial charge in [-0.05, 0) is 73.9 Å². The van der Waals surface area contributed by atoms with Crippen LogP contribution in [0.4, 0.5) is 4.39 Å². The van der Waals surface area contributed by atoms with Crippen molar-refractivity contribution < 1.29 is 28.2 Å². The van der Waals surface area contributed by atoms with Crippen molar-refractivity contribution in [2.24, 2.45) is 11.8 Å². The van der Waals surface area contributed by atoms with E-state index in [-0.39, 0.29) is 36.1 Å². The Morgan fingerprint density at radius 1 is 1.03 bits per heavy atom. The minimum atomic E-state index is -1.02. The number of fused-ring (bicyclic) bond motifs is 3. The number of ketones is 1. The molecule has 5 atom stereocenters. The summed E-state index contributed by atoms with van der Waals surface area (Å²) in [5.41, 5.74) is 3.19. The average molecular weight is 496 g/mol. The summed E-state index contributed by atoms with van der Waals surface area (Å²) in [5.74, 6) is 0.378. The third-order valence-electron chi connectivity index (χ3n) is 8.44. The van der Waals surface area contributed by atoms with Gasteiger partial charge in [-0.15, -0.1) is 0 Å². The number of benzene rings is 2. The highest BCUT2D eigenvalue weighted by atomic mass is 19.1. The lowest BCUT2D eigenvalue weighted by molar-refractivity contribution is 0.0315. The van der Waals surface area contributed by atoms with Gasteiger partial charge in [-0.1, -0.05) is 12.1 Å². The van der Waals surface area contributed by atoms with Crippen LogP contribution in [0, 0.1) is 11.8 Å². The van der Waals surface area contributed by atoms with E-state index in [4.69, 9.17) is 14.2 Å². The summed E-state index contributed by atoms with van der Waals surface area (Å²) in [6, 6.07) is 11.7. The van der Waals surface area contributed by atoms with Crippen LogP contribution in [0.25, 0.3) is 0 Å². The Balaban J connectivity index is 1.26. The number of ether oxygens (including phenoxy) is 3. The summed E-state index contributed by atoms with van der Waals surface area (Å²) in [5, 5.41) is 0. The lowest BCUT2D eigenvalue weighted by Gasteiger charge is -2.41. The third-order valence-corrected chi connectivity index (χ3v) is 8.44. The molecular formula is C29H34FNO5. The molecule has 2 fully saturated rings. The van der Waals surface area contributed by atoms with E-state index in [9.17, 15) is 9.59 Å². The molecule has 2 aromatic carbocycles. The zero-order valence-electron chi connectivity index (χ0n) is 21.2. The first-order valence-electron chi connectivity index (χ1n) is 12.8. The van der Waals surface area contributed by atoms with Gasteiger partial charge in [-0.3, -0.25) is 9.69 Å². The van der Waals surface area contributed by atoms with Gasteiger partial charge in [-0.25, -0.2) is 9.18 Å². The maximum absolute atomic E-state index is 15.9. The molecule has 2 heterocycles. The second-order valence-electron chi connectivity index (χ2n) is 10.3. The van der Waals surface area contributed by atoms with E-state index in [0.717, 1.165) is 43.4 Å². The Hall–Kier alpha value is -2.93. The van der Waals surface area contributed by atoms with Crippen molar-refractivity contribution in [1.82, 2.24) is 4.90 Å². The molecule has 2 bridgehead atoms. The normalized spacial score (nSPS) is 25.9. The number of methoxy groups -OCH3 is 3. The van der Waals surface area contributed by atoms with Crippen molar-refractivity contribution in [1.29, 1.82) is 0 Å². The summed E-state index contributed by atoms with van der Waals surface area (Å²) in [6.07, 6.45) is 3.70. The summed E-state index contributed by atoms with van der Waals surface area (Å²) in [4.78, 5) is 27.3. The first kappa shape index (κ1) is 24.8. The number of hydrogen-bond donors (Lipinski definition) is 0. The van der Waals surface area contributed by atoms with E-state index in [1.54, 1.807) is 32.4 Å². The van der Waals surface area contributed by atoms with Gasteiger partial charge in [-0.2, -0.15) is 0 Å². The fourth-order valence-electron chi connectivity index (χ4n) is 6.59. The Bertz CT molecular complexity index is 1130. The van der Waals surface area contributed by atoms with Gasteiger partial charge in [0, 0.05) is 36.0 Å². The number of Topliss-reactive ketones (excluding diaryl/α,β-unsaturated/α-hetero) is 1. The molecule has 192 valence electrons. The molecule has 0 aromatic heterocycles. The summed E-state index contributed by atoms with van der Waals surface area (Å²) < 4.78 is 31.4. The number of hydrogen-bond acceptors (Lipinski definition) is 6. The van der Waals surface area contributed by atoms with Crippen molar-refractivity contribution in [2.45, 2.75) is 63.3 Å². The second kappa shape index (κ2) is 10.2. The monoisotopic (exact) mass is 495 g/mol. The minimum Gasteiger partial charge on any atom is -0.493 e. The zero-order valence-corrected chi connectivity index (χ0v) is 21.2. The highest BCUT2D eigenvalue weighted by Crippen LogP contribution is 2.45. The highest BCUT2D eigenvalue weighted by molar-refractivity contribution is 6.03. The van der Waals surface area contributed by atoms with Crippen molar-refractivity contribution in [2.75, 3.05) is 21.3 Å². The fraction of sp³-hybridized carbons (Fsp3) is 0.517. The predicted octanol–water partition coefficient (Wildman–Crippen LogP) is 5.02. The third kappa shape index (κ3) is 4.49. The first-order valence-corrected chi connectivity index (χ1v) is 12.8. The number of esters is 1. The van der Waals surface area contributed by atoms with Gasteiger partial charge in [0.2, 0.25) is 0 Å². The Morgan fingerprint density at radius 2 is 1.72 bits per heavy atom. The van der Waals surface area contributed by atoms with Gasteiger partial charge < -0.3 is 14.2 Å². The van der Waals surface area contributed by atoms with E-state index in [1.165, 1.54) is 7.11 Å². The molecule has 0 N–H and O–H groups in total. The van der Waals surface area contributed by atoms with Crippen molar-refractivity contribution in [3.05, 3.63) is 58.7 Å². The van der Waals surface area contributed by atoms with E-state index < -0.39 is 6.17 Å². The summed E-state index contributed by atoms with van der Waals surface area (Å²) >= 11 is 0. The smallest absolute Gasteiger partial charge is 0.337 e. The quantitative estimate of drug-likeness (QED) is 0.480. The van der Waals surface area contributed by atoms with Crippen LogP contribution in [-0.2, 0) is 17.7 Å². The van der Waals surface area contributed by atoms with Gasteiger partial charge in [0.15, 0.2) is 17.3 Å². The predicted molar refractivity (Wildman–Crippen MR) is 133 cm³/mol. The van der Waals surface area contributed by atoms with Crippen molar-refractivity contribution >= 4 is 11.8 Å². The number of alkyl halides is 1. The van der Waals surface area contributed by atoms with Gasteiger partial charge in [0.05, 0.1) is 26.9 Å². The fourth-order valence-corrected chi connectivity index (χ4v) is 6.59. The number of carbonyl (C=O) groups excluding carboxylic acids is 2. The topological polar surface area (TPSA) is 65.1 Å². The molecule has 5 unspecified atom stereocenters. The Kier molecular flexibility index (Phi) is 7.02. The van der Waals surface area contributed by atoms with E-state index in [0.29, 0.717) is 35.1 Å². The Labute approximate surface area is 211 Å². The van der Waals surface area contributed by atoms with Crippen LogP contribution in [0.5, 0.6) is 11.5 Å². The van der Waals surface area contributed by atoms with Crippen LogP contribution in [0.15, 0.2) is 36.4 Å². The Morgan fingerprint density at radius 3 is 2.42 bits per heavy atom. The van der Waals surface area contributed by atoms with Gasteiger partial charge >= 0.3 is 5.97 Å². The SMILES string of the molecule is COC(=O)c1ccc(CN2C3CCC(C(F)CC4Cc5cc(OC)c(OC)cc5C4=O)C2CC3)cc1. The molecule has 2 aliphatic heterocycles. The molecule has 36 heavy (non-hydrogen) atoms. The molecule has 0 spiro atoms. The molecule has 5 rings (SSSR count). The molecule has 3 aliphatic rings. The van der Waals surface area contributed by atoms with Gasteiger partial charge in [0.1, 0.15) is 6.17 Å². The molecule has 7 heteroatoms. The molecule has 2 aromatic rings. The first-order chi connectivity index (χ1) is 17.4. The second-order valence-corrected chi connectivity index (χ2v) is 10.3. The number of carbonyl (C=O) groups is 2. The van der Waals surface area contributed by atoms with Gasteiger partial charge in [0.25, 0.3) is 0 Å². The number of rotatable bonds is 8. The minimum absolute atomic E-state index is 0.0104. The summed E-state index contributed by atoms with van der Waals surface area (Å²) in [7, 11) is 4.50. The van der Waals surface area contributed by atoms with Crippen LogP contribution in [0.1, 0.15) is 63.9 Å². The molecule has 0 saturated carbocycles. The van der Waals surface area contributed by atoms with Crippen molar-refractivity contribution in [3.63, 3.8) is 0 Å². The molecule has 6 nitrogen and oxygen atoms in total. The highest BCUT2D eigenvalue weighted by Gasteiger charge is 2.46. The number of piperidine rings is 1. The van der Waals surface area contributed by atoms with Crippen LogP contribution >= 0.6 is 0 Å². The van der Waals surface area contributed by atoms with E-state index in [1.807, 2.05) is 18.2 Å². The van der Waals surface area contributed by atoms with Crippen LogP contribution < -0.4 is 9.47 Å². The maximum atomic E-state index is 15.9. The molecule has 1 aliphatic carbocycles. The van der Waals surface area contributed by atoms with Crippen LogP contribution in [0.2, 0.25) is 0 Å². The number of nitrogens with zero attached hydrogens (tertiary/aromatic N) is 1. The zero-order chi connectivity index (χ0) is 25.4. The average Bonchev–Trinajstić information content (AvgIpc) is 3.33. The number of halogens is 1. The molecule has 0 radical (unpaired) electrons. The van der Waals surface area contributed by atoms with Crippen LogP contribution in [0.3, 0.4) is 0 Å². The molecular weight excluding hydrogens is 461 g/mol. The van der Waals surface area contributed by atoms with Crippen molar-refractivity contribution in [3.8, 4) is 11.5 Å². The molecule has 0 amide bonds.